The van der Waals surface area contributed by atoms with E-state index in [1.807, 2.05) is 6.07 Å². The summed E-state index contributed by atoms with van der Waals surface area (Å²) in [6, 6.07) is 9.91. The van der Waals surface area contributed by atoms with Crippen LogP contribution in [0.2, 0.25) is 0 Å². The van der Waals surface area contributed by atoms with Gasteiger partial charge < -0.3 is 10.4 Å². The summed E-state index contributed by atoms with van der Waals surface area (Å²) in [4.78, 5) is 18.9. The van der Waals surface area contributed by atoms with Crippen molar-refractivity contribution in [3.63, 3.8) is 0 Å². The second-order valence-corrected chi connectivity index (χ2v) is 3.71. The van der Waals surface area contributed by atoms with Gasteiger partial charge in [0.15, 0.2) is 0 Å². The molecule has 0 saturated carbocycles. The van der Waals surface area contributed by atoms with E-state index in [-0.39, 0.29) is 5.56 Å². The number of rotatable bonds is 4. The van der Waals surface area contributed by atoms with Gasteiger partial charge in [0.1, 0.15) is 17.6 Å². The normalized spacial score (nSPS) is 9.63. The molecule has 2 aromatic heterocycles. The number of hydrogen-bond acceptors (Lipinski definition) is 5. The number of aromatic carboxylic acids is 1. The fourth-order valence-electron chi connectivity index (χ4n) is 1.48. The quantitative estimate of drug-likeness (QED) is 0.860. The van der Waals surface area contributed by atoms with Gasteiger partial charge in [0.05, 0.1) is 17.8 Å². The van der Waals surface area contributed by atoms with E-state index in [1.54, 1.807) is 18.2 Å². The zero-order valence-electron chi connectivity index (χ0n) is 9.87. The smallest absolute Gasteiger partial charge is 0.335 e. The molecule has 6 nitrogen and oxygen atoms in total. The first-order valence-electron chi connectivity index (χ1n) is 5.48. The highest BCUT2D eigenvalue weighted by molar-refractivity contribution is 5.87. The van der Waals surface area contributed by atoms with Gasteiger partial charge in [-0.1, -0.05) is 6.07 Å². The lowest BCUT2D eigenvalue weighted by atomic mass is 10.2. The van der Waals surface area contributed by atoms with E-state index in [9.17, 15) is 4.79 Å². The number of carboxylic acid groups (broad SMARTS) is 1. The maximum absolute atomic E-state index is 10.8. The van der Waals surface area contributed by atoms with Crippen molar-refractivity contribution in [3.8, 4) is 6.07 Å². The molecule has 0 aliphatic carbocycles. The zero-order chi connectivity index (χ0) is 13.7. The van der Waals surface area contributed by atoms with Gasteiger partial charge >= 0.3 is 5.97 Å². The van der Waals surface area contributed by atoms with E-state index in [4.69, 9.17) is 10.4 Å². The number of anilines is 1. The van der Waals surface area contributed by atoms with Crippen LogP contribution in [0.25, 0.3) is 0 Å². The molecule has 0 amide bonds. The first-order chi connectivity index (χ1) is 9.19. The summed E-state index contributed by atoms with van der Waals surface area (Å²) in [5.41, 5.74) is 1.09. The third kappa shape index (κ3) is 3.26. The standard InChI is InChI=1S/C13H10N4O2/c14-7-10-2-1-3-12(17-10)16-8-11-6-9(13(18)19)4-5-15-11/h1-6H,8H2,(H,16,17)(H,18,19). The van der Waals surface area contributed by atoms with Crippen LogP contribution in [-0.4, -0.2) is 21.0 Å². The molecule has 0 aliphatic heterocycles. The van der Waals surface area contributed by atoms with Gasteiger partial charge in [0.25, 0.3) is 0 Å². The molecule has 0 spiro atoms. The molecule has 2 rings (SSSR count). The number of nitrogens with zero attached hydrogens (tertiary/aromatic N) is 3. The molecule has 6 heteroatoms. The predicted molar refractivity (Wildman–Crippen MR) is 67.5 cm³/mol. The van der Waals surface area contributed by atoms with Crippen LogP contribution in [0, 0.1) is 11.3 Å². The van der Waals surface area contributed by atoms with E-state index < -0.39 is 5.97 Å². The van der Waals surface area contributed by atoms with Crippen molar-refractivity contribution in [1.29, 1.82) is 5.26 Å². The topological polar surface area (TPSA) is 98.9 Å². The molecule has 0 unspecified atom stereocenters. The Kier molecular flexibility index (Phi) is 3.69. The van der Waals surface area contributed by atoms with Crippen LogP contribution in [-0.2, 0) is 6.54 Å². The number of pyridine rings is 2. The summed E-state index contributed by atoms with van der Waals surface area (Å²) < 4.78 is 0. The fourth-order valence-corrected chi connectivity index (χ4v) is 1.48. The molecule has 2 N–H and O–H groups in total. The molecule has 0 bridgehead atoms. The minimum absolute atomic E-state index is 0.186. The summed E-state index contributed by atoms with van der Waals surface area (Å²) >= 11 is 0. The van der Waals surface area contributed by atoms with Crippen molar-refractivity contribution in [1.82, 2.24) is 9.97 Å². The van der Waals surface area contributed by atoms with Gasteiger partial charge in [-0.15, -0.1) is 0 Å². The largest absolute Gasteiger partial charge is 0.478 e. The van der Waals surface area contributed by atoms with Crippen molar-refractivity contribution in [2.24, 2.45) is 0 Å². The molecular formula is C13H10N4O2. The SMILES string of the molecule is N#Cc1cccc(NCc2cc(C(=O)O)ccn2)n1. The lowest BCUT2D eigenvalue weighted by Crippen LogP contribution is -2.05. The van der Waals surface area contributed by atoms with Crippen molar-refractivity contribution in [2.45, 2.75) is 6.54 Å². The number of aromatic nitrogens is 2. The summed E-state index contributed by atoms with van der Waals surface area (Å²) in [5, 5.41) is 20.6. The van der Waals surface area contributed by atoms with E-state index in [1.165, 1.54) is 18.3 Å². The Labute approximate surface area is 109 Å². The molecule has 0 saturated heterocycles. The van der Waals surface area contributed by atoms with Crippen LogP contribution in [0.1, 0.15) is 21.7 Å². The van der Waals surface area contributed by atoms with E-state index >= 15 is 0 Å². The first-order valence-corrected chi connectivity index (χ1v) is 5.48. The molecule has 0 aliphatic rings. The average molecular weight is 254 g/mol. The van der Waals surface area contributed by atoms with Crippen LogP contribution in [0.15, 0.2) is 36.5 Å². The Balaban J connectivity index is 2.08. The van der Waals surface area contributed by atoms with E-state index in [2.05, 4.69) is 15.3 Å². The van der Waals surface area contributed by atoms with Crippen LogP contribution < -0.4 is 5.32 Å². The molecule has 94 valence electrons. The third-order valence-electron chi connectivity index (χ3n) is 2.38. The number of nitrogens with one attached hydrogen (secondary N) is 1. The highest BCUT2D eigenvalue weighted by Gasteiger charge is 2.04. The van der Waals surface area contributed by atoms with Gasteiger partial charge in [-0.05, 0) is 24.3 Å². The number of nitriles is 1. The van der Waals surface area contributed by atoms with Gasteiger partial charge in [0, 0.05) is 6.20 Å². The van der Waals surface area contributed by atoms with E-state index in [0.29, 0.717) is 23.8 Å². The first kappa shape index (κ1) is 12.5. The van der Waals surface area contributed by atoms with Crippen molar-refractivity contribution in [2.75, 3.05) is 5.32 Å². The lowest BCUT2D eigenvalue weighted by molar-refractivity contribution is 0.0696. The highest BCUT2D eigenvalue weighted by atomic mass is 16.4. The Bertz CT molecular complexity index is 649. The lowest BCUT2D eigenvalue weighted by Gasteiger charge is -2.05. The minimum atomic E-state index is -0.992. The number of hydrogen-bond donors (Lipinski definition) is 2. The van der Waals surface area contributed by atoms with E-state index in [0.717, 1.165) is 0 Å². The molecule has 0 aromatic carbocycles. The fraction of sp³-hybridized carbons (Fsp3) is 0.0769. The minimum Gasteiger partial charge on any atom is -0.478 e. The molecule has 2 aromatic rings. The van der Waals surface area contributed by atoms with Crippen LogP contribution in [0.5, 0.6) is 0 Å². The second-order valence-electron chi connectivity index (χ2n) is 3.71. The van der Waals surface area contributed by atoms with Crippen molar-refractivity contribution in [3.05, 3.63) is 53.5 Å². The highest BCUT2D eigenvalue weighted by Crippen LogP contribution is 2.07. The Morgan fingerprint density at radius 1 is 1.42 bits per heavy atom. The third-order valence-corrected chi connectivity index (χ3v) is 2.38. The van der Waals surface area contributed by atoms with Crippen LogP contribution in [0.3, 0.4) is 0 Å². The molecule has 0 radical (unpaired) electrons. The molecule has 19 heavy (non-hydrogen) atoms. The van der Waals surface area contributed by atoms with Gasteiger partial charge in [-0.25, -0.2) is 9.78 Å². The molecule has 2 heterocycles. The second kappa shape index (κ2) is 5.60. The predicted octanol–water partition coefficient (Wildman–Crippen LogP) is 1.66. The van der Waals surface area contributed by atoms with Crippen molar-refractivity contribution >= 4 is 11.8 Å². The zero-order valence-corrected chi connectivity index (χ0v) is 9.87. The molecule has 0 atom stereocenters. The Morgan fingerprint density at radius 3 is 3.00 bits per heavy atom. The van der Waals surface area contributed by atoms with Crippen molar-refractivity contribution < 1.29 is 9.90 Å². The Morgan fingerprint density at radius 2 is 2.26 bits per heavy atom. The Hall–Kier alpha value is -2.94. The maximum atomic E-state index is 10.8. The number of carbonyl (C=O) groups is 1. The van der Waals surface area contributed by atoms with Gasteiger partial charge in [0.2, 0.25) is 0 Å². The summed E-state index contributed by atoms with van der Waals surface area (Å²) in [5.74, 6) is -0.449. The molecular weight excluding hydrogens is 244 g/mol. The summed E-state index contributed by atoms with van der Waals surface area (Å²) in [6.45, 7) is 0.336. The monoisotopic (exact) mass is 254 g/mol. The van der Waals surface area contributed by atoms with Crippen LogP contribution in [0.4, 0.5) is 5.82 Å². The van der Waals surface area contributed by atoms with Gasteiger partial charge in [-0.2, -0.15) is 5.26 Å². The van der Waals surface area contributed by atoms with Gasteiger partial charge in [-0.3, -0.25) is 4.98 Å². The van der Waals surface area contributed by atoms with Crippen LogP contribution >= 0.6 is 0 Å². The average Bonchev–Trinajstić information content (AvgIpc) is 2.45. The molecule has 0 fully saturated rings. The maximum Gasteiger partial charge on any atom is 0.335 e. The summed E-state index contributed by atoms with van der Waals surface area (Å²) in [6.07, 6.45) is 1.44. The summed E-state index contributed by atoms with van der Waals surface area (Å²) in [7, 11) is 0. The number of carboxylic acids is 1.